The molecule has 12 nitrogen and oxygen atoms in total. The number of nitrogens with zero attached hydrogens (tertiary/aromatic N) is 1. The lowest BCUT2D eigenvalue weighted by Crippen LogP contribution is -2.56. The molecule has 0 aromatic carbocycles. The van der Waals surface area contributed by atoms with Crippen LogP contribution < -0.4 is 0 Å². The number of methoxy groups -OCH3 is 2. The quantitative estimate of drug-likeness (QED) is 0.180. The number of ketones is 1. The van der Waals surface area contributed by atoms with Gasteiger partial charge < -0.3 is 47.5 Å². The zero-order valence-electron chi connectivity index (χ0n) is 37.8. The molecule has 0 aliphatic carbocycles. The molecule has 0 amide bonds. The fourth-order valence-electron chi connectivity index (χ4n) is 9.56. The largest absolute Gasteiger partial charge is 0.462 e. The molecule has 1 unspecified atom stereocenters. The Balaban J connectivity index is 1.71. The topological polar surface area (TPSA) is 120 Å². The Hall–Kier alpha value is -2.00. The first-order chi connectivity index (χ1) is 27.5. The Morgan fingerprint density at radius 1 is 0.845 bits per heavy atom. The molecule has 4 rings (SSSR count). The third kappa shape index (κ3) is 12.5. The highest BCUT2D eigenvalue weighted by Gasteiger charge is 2.46. The van der Waals surface area contributed by atoms with Crippen LogP contribution in [0, 0.1) is 41.4 Å². The number of carbonyl (C=O) groups is 2. The standard InChI is InChI=1S/C46H77NO11/c1-15-38-36(25-54-46-44(51-14)43(50-13)30(6)34(10)56-46)20-26(2)16-17-37(48)28(4)21-35-18-19-52-23-27(3)24-53-39(22-40(49)57-38)31(7)42(35)58-45-32(8)41(47(11)12)29(5)33(9)55-45/h16-17,20,28-36,38-39,41-46H,3,15,18-19,21-25H2,1-2,4-14H3/b17-16+,26-20+/t28-,29-,30-,31+,32-,33-,34-,35?,36-,38-,39-,41+,42-,43-,44-,45+,46-/m1/s1. The lowest BCUT2D eigenvalue weighted by molar-refractivity contribution is -0.292. The van der Waals surface area contributed by atoms with E-state index in [1.54, 1.807) is 20.3 Å². The van der Waals surface area contributed by atoms with Crippen molar-refractivity contribution in [3.05, 3.63) is 36.0 Å². The van der Waals surface area contributed by atoms with Crippen molar-refractivity contribution in [1.29, 1.82) is 0 Å². The van der Waals surface area contributed by atoms with E-state index in [1.165, 1.54) is 0 Å². The van der Waals surface area contributed by atoms with Gasteiger partial charge in [-0.15, -0.1) is 0 Å². The van der Waals surface area contributed by atoms with Crippen LogP contribution in [0.4, 0.5) is 0 Å². The van der Waals surface area contributed by atoms with Gasteiger partial charge in [0.25, 0.3) is 0 Å². The second-order valence-corrected chi connectivity index (χ2v) is 17.9. The number of allylic oxidation sites excluding steroid dienone is 3. The molecule has 332 valence electrons. The number of ether oxygens (including phenoxy) is 9. The van der Waals surface area contributed by atoms with Crippen LogP contribution >= 0.6 is 0 Å². The molecule has 12 heteroatoms. The van der Waals surface area contributed by atoms with E-state index in [4.69, 9.17) is 42.6 Å². The highest BCUT2D eigenvalue weighted by atomic mass is 16.7. The summed E-state index contributed by atoms with van der Waals surface area (Å²) in [5.74, 6) is -0.965. The average Bonchev–Trinajstić information content (AvgIpc) is 3.20. The zero-order chi connectivity index (χ0) is 42.8. The van der Waals surface area contributed by atoms with Gasteiger partial charge in [0.15, 0.2) is 18.4 Å². The SMILES string of the molecule is C=C1COCCC2C[C@@H](C)C(=O)/C=C/C(C)=C/[C@H](CO[C@@H]3O[C@H](C)[C@@H](C)[C@@H](OC)[C@H]3OC)[C@@H](CC)OC(=O)C[C@@H](OC1)[C@H](C)[C@H]2O[C@@H]1O[C@H](C)[C@@H](C)[C@H](N(C)C)[C@H]1C. The molecule has 4 heterocycles. The second kappa shape index (κ2) is 22.7. The Kier molecular flexibility index (Phi) is 19.1. The summed E-state index contributed by atoms with van der Waals surface area (Å²) in [6.07, 6.45) is 3.69. The van der Waals surface area contributed by atoms with Crippen molar-refractivity contribution < 1.29 is 52.2 Å². The Morgan fingerprint density at radius 2 is 1.52 bits per heavy atom. The molecular formula is C46H77NO11. The van der Waals surface area contributed by atoms with E-state index in [9.17, 15) is 9.59 Å². The van der Waals surface area contributed by atoms with Gasteiger partial charge in [-0.1, -0.05) is 65.8 Å². The first-order valence-corrected chi connectivity index (χ1v) is 21.8. The van der Waals surface area contributed by atoms with Crippen LogP contribution in [-0.4, -0.2) is 133 Å². The van der Waals surface area contributed by atoms with E-state index in [0.29, 0.717) is 38.4 Å². The minimum atomic E-state index is -0.695. The first-order valence-electron chi connectivity index (χ1n) is 21.8. The van der Waals surface area contributed by atoms with Crippen LogP contribution in [0.3, 0.4) is 0 Å². The molecule has 0 aromatic rings. The summed E-state index contributed by atoms with van der Waals surface area (Å²) in [5.41, 5.74) is 1.64. The summed E-state index contributed by atoms with van der Waals surface area (Å²) in [6, 6.07) is 0.229. The molecule has 0 spiro atoms. The van der Waals surface area contributed by atoms with Crippen LogP contribution in [-0.2, 0) is 52.2 Å². The number of esters is 1. The van der Waals surface area contributed by atoms with E-state index in [0.717, 1.165) is 11.1 Å². The molecule has 4 aliphatic rings. The van der Waals surface area contributed by atoms with Gasteiger partial charge in [0.1, 0.15) is 12.2 Å². The van der Waals surface area contributed by atoms with E-state index < -0.39 is 37.0 Å². The molecular weight excluding hydrogens is 743 g/mol. The summed E-state index contributed by atoms with van der Waals surface area (Å²) in [7, 11) is 7.51. The molecule has 0 radical (unpaired) electrons. The molecule has 3 saturated heterocycles. The molecule has 0 aromatic heterocycles. The van der Waals surface area contributed by atoms with Crippen LogP contribution in [0.2, 0.25) is 0 Å². The monoisotopic (exact) mass is 820 g/mol. The van der Waals surface area contributed by atoms with Crippen molar-refractivity contribution in [2.45, 2.75) is 149 Å². The van der Waals surface area contributed by atoms with Gasteiger partial charge in [-0.2, -0.15) is 0 Å². The van der Waals surface area contributed by atoms with E-state index in [-0.39, 0.29) is 91.2 Å². The van der Waals surface area contributed by atoms with Crippen molar-refractivity contribution in [3.63, 3.8) is 0 Å². The zero-order valence-corrected chi connectivity index (χ0v) is 37.8. The summed E-state index contributed by atoms with van der Waals surface area (Å²) in [5, 5.41) is 0. The van der Waals surface area contributed by atoms with Crippen molar-refractivity contribution in [1.82, 2.24) is 4.90 Å². The molecule has 4 aliphatic heterocycles. The minimum Gasteiger partial charge on any atom is -0.462 e. The molecule has 0 N–H and O–H groups in total. The first kappa shape index (κ1) is 48.7. The van der Waals surface area contributed by atoms with Gasteiger partial charge in [0.05, 0.1) is 56.8 Å². The molecule has 58 heavy (non-hydrogen) atoms. The van der Waals surface area contributed by atoms with Crippen molar-refractivity contribution in [2.75, 3.05) is 54.7 Å². The number of rotatable bonds is 9. The van der Waals surface area contributed by atoms with Crippen molar-refractivity contribution >= 4 is 11.8 Å². The predicted molar refractivity (Wildman–Crippen MR) is 223 cm³/mol. The normalized spacial score (nSPS) is 43.3. The van der Waals surface area contributed by atoms with Crippen LogP contribution in [0.5, 0.6) is 0 Å². The number of carbonyl (C=O) groups excluding carboxylic acids is 2. The lowest BCUT2D eigenvalue weighted by atomic mass is 9.79. The van der Waals surface area contributed by atoms with Gasteiger partial charge in [0, 0.05) is 56.5 Å². The average molecular weight is 820 g/mol. The number of hydrogen-bond acceptors (Lipinski definition) is 12. The maximum Gasteiger partial charge on any atom is 0.308 e. The second-order valence-electron chi connectivity index (χ2n) is 17.9. The molecule has 17 atom stereocenters. The van der Waals surface area contributed by atoms with Crippen LogP contribution in [0.15, 0.2) is 36.0 Å². The van der Waals surface area contributed by atoms with Gasteiger partial charge in [-0.05, 0) is 77.6 Å². The summed E-state index contributed by atoms with van der Waals surface area (Å²) in [4.78, 5) is 30.4. The smallest absolute Gasteiger partial charge is 0.308 e. The maximum atomic E-state index is 14.2. The fraction of sp³-hybridized carbons (Fsp3) is 0.826. The minimum absolute atomic E-state index is 0.000286. The van der Waals surface area contributed by atoms with Gasteiger partial charge >= 0.3 is 5.97 Å². The van der Waals surface area contributed by atoms with Gasteiger partial charge in [-0.25, -0.2) is 0 Å². The lowest BCUT2D eigenvalue weighted by Gasteiger charge is -2.48. The molecule has 3 fully saturated rings. The van der Waals surface area contributed by atoms with Gasteiger partial charge in [-0.3, -0.25) is 9.59 Å². The fourth-order valence-corrected chi connectivity index (χ4v) is 9.56. The van der Waals surface area contributed by atoms with E-state index >= 15 is 0 Å². The van der Waals surface area contributed by atoms with Gasteiger partial charge in [0.2, 0.25) is 0 Å². The predicted octanol–water partition coefficient (Wildman–Crippen LogP) is 6.80. The van der Waals surface area contributed by atoms with E-state index in [2.05, 4.69) is 60.2 Å². The number of hydrogen-bond donors (Lipinski definition) is 0. The molecule has 0 saturated carbocycles. The Bertz CT molecular complexity index is 1380. The highest BCUT2D eigenvalue weighted by molar-refractivity contribution is 5.91. The highest BCUT2D eigenvalue weighted by Crippen LogP contribution is 2.39. The summed E-state index contributed by atoms with van der Waals surface area (Å²) >= 11 is 0. The third-order valence-corrected chi connectivity index (χ3v) is 13.4. The Labute approximate surface area is 349 Å². The van der Waals surface area contributed by atoms with Crippen LogP contribution in [0.1, 0.15) is 88.0 Å². The molecule has 2 bridgehead atoms. The van der Waals surface area contributed by atoms with Crippen molar-refractivity contribution in [2.24, 2.45) is 41.4 Å². The summed E-state index contributed by atoms with van der Waals surface area (Å²) < 4.78 is 57.3. The van der Waals surface area contributed by atoms with Crippen molar-refractivity contribution in [3.8, 4) is 0 Å². The summed E-state index contributed by atoms with van der Waals surface area (Å²) in [6.45, 7) is 24.0. The third-order valence-electron chi connectivity index (χ3n) is 13.4. The van der Waals surface area contributed by atoms with Crippen LogP contribution in [0.25, 0.3) is 0 Å². The van der Waals surface area contributed by atoms with E-state index in [1.807, 2.05) is 39.8 Å². The maximum absolute atomic E-state index is 14.2. The number of fused-ring (bicyclic) bond motifs is 3. The Morgan fingerprint density at radius 3 is 2.17 bits per heavy atom. The number of cyclic esters (lactones) is 1.